The van der Waals surface area contributed by atoms with E-state index in [-0.39, 0.29) is 39.9 Å². The number of esters is 1. The fourth-order valence-electron chi connectivity index (χ4n) is 4.67. The average molecular weight is 597 g/mol. The Morgan fingerprint density at radius 3 is 2.55 bits per heavy atom. The highest BCUT2D eigenvalue weighted by Gasteiger charge is 2.33. The molecule has 11 heteroatoms. The highest BCUT2D eigenvalue weighted by Crippen LogP contribution is 2.33. The predicted octanol–water partition coefficient (Wildman–Crippen LogP) is 5.86. The fourth-order valence-corrected chi connectivity index (χ4v) is 5.70. The summed E-state index contributed by atoms with van der Waals surface area (Å²) in [7, 11) is 0. The summed E-state index contributed by atoms with van der Waals surface area (Å²) >= 11 is 1.12. The maximum atomic E-state index is 13.8. The number of fused-ring (bicyclic) bond motifs is 1. The molecule has 2 aromatic heterocycles. The maximum absolute atomic E-state index is 13.8. The van der Waals surface area contributed by atoms with Gasteiger partial charge in [-0.3, -0.25) is 9.36 Å². The summed E-state index contributed by atoms with van der Waals surface area (Å²) in [5, 5.41) is 0. The number of ether oxygens (including phenoxy) is 2. The topological polar surface area (TPSA) is 83.0 Å². The molecule has 0 saturated heterocycles. The molecule has 0 spiro atoms. The van der Waals surface area contributed by atoms with Crippen LogP contribution >= 0.6 is 11.3 Å². The van der Waals surface area contributed by atoms with Crippen LogP contribution in [0.5, 0.6) is 5.75 Å². The van der Waals surface area contributed by atoms with Gasteiger partial charge in [0.05, 0.1) is 40.1 Å². The number of halogens is 3. The first kappa shape index (κ1) is 29.1. The summed E-state index contributed by atoms with van der Waals surface area (Å²) < 4.78 is 58.2. The Kier molecular flexibility index (Phi) is 7.96. The minimum absolute atomic E-state index is 0.0264. The third-order valence-electron chi connectivity index (χ3n) is 6.46. The minimum Gasteiger partial charge on any atom is -0.491 e. The predicted molar refractivity (Wildman–Crippen MR) is 152 cm³/mol. The lowest BCUT2D eigenvalue weighted by molar-refractivity contribution is -0.139. The molecular weight excluding hydrogens is 569 g/mol. The van der Waals surface area contributed by atoms with Gasteiger partial charge in [0.1, 0.15) is 17.3 Å². The summed E-state index contributed by atoms with van der Waals surface area (Å²) in [5.74, 6) is 0.578. The fraction of sp³-hybridized carbons (Fsp3) is 0.258. The van der Waals surface area contributed by atoms with Crippen LogP contribution in [0.2, 0.25) is 0 Å². The Labute approximate surface area is 242 Å². The van der Waals surface area contributed by atoms with Crippen molar-refractivity contribution in [3.8, 4) is 17.1 Å². The van der Waals surface area contributed by atoms with Crippen molar-refractivity contribution in [2.45, 2.75) is 46.0 Å². The number of thiazole rings is 1. The van der Waals surface area contributed by atoms with E-state index < -0.39 is 29.3 Å². The molecule has 1 aliphatic rings. The smallest absolute Gasteiger partial charge is 0.416 e. The van der Waals surface area contributed by atoms with Gasteiger partial charge in [-0.1, -0.05) is 35.6 Å². The molecular formula is C31H27F3N2O5S. The van der Waals surface area contributed by atoms with Gasteiger partial charge < -0.3 is 13.9 Å². The van der Waals surface area contributed by atoms with E-state index in [1.54, 1.807) is 50.2 Å². The van der Waals surface area contributed by atoms with E-state index in [0.29, 0.717) is 21.8 Å². The van der Waals surface area contributed by atoms with Gasteiger partial charge in [0.25, 0.3) is 5.56 Å². The molecule has 0 aliphatic carbocycles. The van der Waals surface area contributed by atoms with Crippen LogP contribution in [0.25, 0.3) is 17.4 Å². The molecule has 3 heterocycles. The lowest BCUT2D eigenvalue weighted by Gasteiger charge is -2.25. The summed E-state index contributed by atoms with van der Waals surface area (Å²) in [5.41, 5.74) is 0.406. The van der Waals surface area contributed by atoms with E-state index in [1.165, 1.54) is 22.8 Å². The second-order valence-electron chi connectivity index (χ2n) is 9.82. The third-order valence-corrected chi connectivity index (χ3v) is 7.44. The summed E-state index contributed by atoms with van der Waals surface area (Å²) in [6.07, 6.45) is -3.00. The molecule has 218 valence electrons. The van der Waals surface area contributed by atoms with Crippen LogP contribution in [0.4, 0.5) is 13.2 Å². The Morgan fingerprint density at radius 2 is 1.88 bits per heavy atom. The highest BCUT2D eigenvalue weighted by molar-refractivity contribution is 7.07. The van der Waals surface area contributed by atoms with Crippen molar-refractivity contribution in [2.75, 3.05) is 6.61 Å². The summed E-state index contributed by atoms with van der Waals surface area (Å²) in [6, 6.07) is 14.3. The molecule has 0 N–H and O–H groups in total. The van der Waals surface area contributed by atoms with Crippen molar-refractivity contribution in [1.82, 2.24) is 4.57 Å². The SMILES string of the molecule is CCOC(=O)C1=C(C)N=c2s/c(=C\c3ccc(-c4cccc(C(F)(F)F)c4)o3)c(=O)n2[C@H]1c1ccc(OC(C)C)cc1. The number of furan rings is 1. The number of allylic oxidation sites excluding steroid dienone is 1. The monoisotopic (exact) mass is 596 g/mol. The number of carbonyl (C=O) groups excluding carboxylic acids is 1. The van der Waals surface area contributed by atoms with Crippen molar-refractivity contribution in [3.63, 3.8) is 0 Å². The van der Waals surface area contributed by atoms with Crippen LogP contribution in [-0.4, -0.2) is 23.2 Å². The van der Waals surface area contributed by atoms with E-state index in [9.17, 15) is 22.8 Å². The number of rotatable bonds is 7. The molecule has 7 nitrogen and oxygen atoms in total. The van der Waals surface area contributed by atoms with Crippen LogP contribution < -0.4 is 19.6 Å². The molecule has 0 saturated carbocycles. The molecule has 1 aliphatic heterocycles. The van der Waals surface area contributed by atoms with Gasteiger partial charge in [-0.2, -0.15) is 13.2 Å². The molecule has 5 rings (SSSR count). The first-order chi connectivity index (χ1) is 20.0. The Bertz CT molecular complexity index is 1850. The van der Waals surface area contributed by atoms with Crippen LogP contribution in [0.15, 0.2) is 86.1 Å². The zero-order valence-corrected chi connectivity index (χ0v) is 24.0. The van der Waals surface area contributed by atoms with E-state index in [1.807, 2.05) is 13.8 Å². The molecule has 0 bridgehead atoms. The van der Waals surface area contributed by atoms with E-state index in [0.717, 1.165) is 23.5 Å². The molecule has 42 heavy (non-hydrogen) atoms. The van der Waals surface area contributed by atoms with E-state index >= 15 is 0 Å². The lowest BCUT2D eigenvalue weighted by Crippen LogP contribution is -2.39. The van der Waals surface area contributed by atoms with Crippen molar-refractivity contribution in [3.05, 3.63) is 109 Å². The van der Waals surface area contributed by atoms with Gasteiger partial charge in [-0.25, -0.2) is 9.79 Å². The van der Waals surface area contributed by atoms with Gasteiger partial charge >= 0.3 is 12.1 Å². The molecule has 4 aromatic rings. The van der Waals surface area contributed by atoms with Gasteiger partial charge in [-0.05, 0) is 69.7 Å². The minimum atomic E-state index is -4.49. The third kappa shape index (κ3) is 5.82. The number of benzene rings is 2. The maximum Gasteiger partial charge on any atom is 0.416 e. The number of nitrogens with zero attached hydrogens (tertiary/aromatic N) is 2. The Balaban J connectivity index is 1.58. The second-order valence-corrected chi connectivity index (χ2v) is 10.8. The number of hydrogen-bond acceptors (Lipinski definition) is 7. The molecule has 2 aromatic carbocycles. The number of aromatic nitrogens is 1. The molecule has 0 amide bonds. The molecule has 1 atom stereocenters. The first-order valence-electron chi connectivity index (χ1n) is 13.2. The van der Waals surface area contributed by atoms with Crippen molar-refractivity contribution in [1.29, 1.82) is 0 Å². The second kappa shape index (κ2) is 11.5. The molecule has 0 radical (unpaired) electrons. The standard InChI is InChI=1S/C31H27F3N2O5S/c1-5-39-29(38)26-18(4)35-30-36(27(26)19-9-11-22(12-10-19)40-17(2)3)28(37)25(42-30)16-23-13-14-24(41-23)20-7-6-8-21(15-20)31(32,33)34/h6-17,27H,5H2,1-4H3/b25-16-/t27-/m0/s1. The van der Waals surface area contributed by atoms with Crippen molar-refractivity contribution < 1.29 is 31.9 Å². The number of carbonyl (C=O) groups is 1. The van der Waals surface area contributed by atoms with Gasteiger partial charge in [-0.15, -0.1) is 0 Å². The van der Waals surface area contributed by atoms with Gasteiger partial charge in [0, 0.05) is 11.6 Å². The number of alkyl halides is 3. The molecule has 0 unspecified atom stereocenters. The van der Waals surface area contributed by atoms with E-state index in [2.05, 4.69) is 4.99 Å². The van der Waals surface area contributed by atoms with Crippen LogP contribution in [-0.2, 0) is 15.7 Å². The normalized spacial score (nSPS) is 15.5. The summed E-state index contributed by atoms with van der Waals surface area (Å²) in [6.45, 7) is 7.38. The zero-order valence-electron chi connectivity index (χ0n) is 23.2. The van der Waals surface area contributed by atoms with Crippen molar-refractivity contribution >= 4 is 23.4 Å². The highest BCUT2D eigenvalue weighted by atomic mass is 32.1. The Hall–Kier alpha value is -4.38. The van der Waals surface area contributed by atoms with Crippen LogP contribution in [0, 0.1) is 0 Å². The summed E-state index contributed by atoms with van der Waals surface area (Å²) in [4.78, 5) is 31.8. The molecule has 0 fully saturated rings. The number of hydrogen-bond donors (Lipinski definition) is 0. The van der Waals surface area contributed by atoms with Crippen LogP contribution in [0.3, 0.4) is 0 Å². The lowest BCUT2D eigenvalue weighted by atomic mass is 9.96. The average Bonchev–Trinajstić information content (AvgIpc) is 3.52. The van der Waals surface area contributed by atoms with Gasteiger partial charge in [0.15, 0.2) is 4.80 Å². The van der Waals surface area contributed by atoms with Crippen LogP contribution in [0.1, 0.15) is 50.6 Å². The largest absolute Gasteiger partial charge is 0.491 e. The quantitative estimate of drug-likeness (QED) is 0.250. The van der Waals surface area contributed by atoms with Crippen molar-refractivity contribution in [2.24, 2.45) is 4.99 Å². The Morgan fingerprint density at radius 1 is 1.14 bits per heavy atom. The zero-order chi connectivity index (χ0) is 30.2. The first-order valence-corrected chi connectivity index (χ1v) is 14.0. The van der Waals surface area contributed by atoms with E-state index in [4.69, 9.17) is 13.9 Å². The van der Waals surface area contributed by atoms with Gasteiger partial charge in [0.2, 0.25) is 0 Å².